The van der Waals surface area contributed by atoms with Gasteiger partial charge in [0, 0.05) is 11.6 Å². The van der Waals surface area contributed by atoms with E-state index in [9.17, 15) is 4.79 Å². The monoisotopic (exact) mass is 441 g/mol. The highest BCUT2D eigenvalue weighted by Gasteiger charge is 2.37. The van der Waals surface area contributed by atoms with Gasteiger partial charge in [-0.3, -0.25) is 9.69 Å². The Labute approximate surface area is 187 Å². The van der Waals surface area contributed by atoms with Crippen molar-refractivity contribution < 1.29 is 19.0 Å². The Morgan fingerprint density at radius 3 is 2.39 bits per heavy atom. The average molecular weight is 442 g/mol. The van der Waals surface area contributed by atoms with Crippen LogP contribution < -0.4 is 14.2 Å². The van der Waals surface area contributed by atoms with Crippen molar-refractivity contribution in [3.05, 3.63) is 53.6 Å². The van der Waals surface area contributed by atoms with Crippen LogP contribution in [0.1, 0.15) is 30.9 Å². The molecule has 1 aliphatic heterocycles. The summed E-state index contributed by atoms with van der Waals surface area (Å²) in [7, 11) is 4.83. The standard InChI is InChI=1S/C23H27N3O4S/c1-5-6-21-22(27)26(15-16-7-10-18(28-2)11-8-16)23(31-21)25-24-14-17-9-12-19(29-3)13-20(17)30-4/h7-14,21H,5-6,15H2,1-4H3. The SMILES string of the molecule is CCCC1SC(=NN=Cc2ccc(OC)cc2OC)N(Cc2ccc(OC)cc2)C1=O. The molecule has 1 saturated heterocycles. The molecule has 0 aromatic heterocycles. The minimum Gasteiger partial charge on any atom is -0.497 e. The molecule has 0 radical (unpaired) electrons. The van der Waals surface area contributed by atoms with Crippen molar-refractivity contribution in [3.63, 3.8) is 0 Å². The molecule has 2 aromatic carbocycles. The third kappa shape index (κ3) is 5.58. The van der Waals surface area contributed by atoms with Crippen LogP contribution in [-0.2, 0) is 11.3 Å². The first kappa shape index (κ1) is 22.7. The van der Waals surface area contributed by atoms with Crippen LogP contribution in [0.25, 0.3) is 0 Å². The van der Waals surface area contributed by atoms with Gasteiger partial charge in [-0.2, -0.15) is 5.10 Å². The largest absolute Gasteiger partial charge is 0.497 e. The van der Waals surface area contributed by atoms with Gasteiger partial charge in [0.2, 0.25) is 5.91 Å². The number of amides is 1. The van der Waals surface area contributed by atoms with Gasteiger partial charge in [0.25, 0.3) is 0 Å². The summed E-state index contributed by atoms with van der Waals surface area (Å²) < 4.78 is 15.8. The summed E-state index contributed by atoms with van der Waals surface area (Å²) in [6, 6.07) is 13.1. The predicted octanol–water partition coefficient (Wildman–Crippen LogP) is 4.35. The first-order valence-electron chi connectivity index (χ1n) is 10.0. The van der Waals surface area contributed by atoms with Gasteiger partial charge in [-0.1, -0.05) is 37.2 Å². The third-order valence-electron chi connectivity index (χ3n) is 4.85. The second kappa shape index (κ2) is 10.9. The van der Waals surface area contributed by atoms with E-state index in [0.29, 0.717) is 23.2 Å². The highest BCUT2D eigenvalue weighted by atomic mass is 32.2. The molecule has 3 rings (SSSR count). The van der Waals surface area contributed by atoms with Crippen molar-refractivity contribution >= 4 is 29.1 Å². The van der Waals surface area contributed by atoms with Gasteiger partial charge >= 0.3 is 0 Å². The summed E-state index contributed by atoms with van der Waals surface area (Å²) >= 11 is 1.47. The summed E-state index contributed by atoms with van der Waals surface area (Å²) in [5.74, 6) is 2.18. The lowest BCUT2D eigenvalue weighted by molar-refractivity contribution is -0.126. The lowest BCUT2D eigenvalue weighted by atomic mass is 10.2. The number of nitrogens with zero attached hydrogens (tertiary/aromatic N) is 3. The molecule has 0 N–H and O–H groups in total. The minimum atomic E-state index is -0.132. The molecule has 31 heavy (non-hydrogen) atoms. The minimum absolute atomic E-state index is 0.0682. The summed E-state index contributed by atoms with van der Waals surface area (Å²) in [4.78, 5) is 14.7. The van der Waals surface area contributed by atoms with Gasteiger partial charge in [-0.05, 0) is 36.2 Å². The topological polar surface area (TPSA) is 72.7 Å². The number of carbonyl (C=O) groups is 1. The molecular weight excluding hydrogens is 414 g/mol. The number of carbonyl (C=O) groups excluding carboxylic acids is 1. The van der Waals surface area contributed by atoms with Crippen molar-refractivity contribution in [2.75, 3.05) is 21.3 Å². The Kier molecular flexibility index (Phi) is 7.94. The van der Waals surface area contributed by atoms with Crippen LogP contribution in [0.4, 0.5) is 0 Å². The number of methoxy groups -OCH3 is 3. The van der Waals surface area contributed by atoms with Gasteiger partial charge in [0.05, 0.1) is 39.3 Å². The molecular formula is C23H27N3O4S. The Morgan fingerprint density at radius 1 is 1.03 bits per heavy atom. The predicted molar refractivity (Wildman–Crippen MR) is 124 cm³/mol. The molecule has 7 nitrogen and oxygen atoms in total. The maximum atomic E-state index is 13.0. The number of hydrogen-bond donors (Lipinski definition) is 0. The van der Waals surface area contributed by atoms with E-state index < -0.39 is 0 Å². The fraction of sp³-hybridized carbons (Fsp3) is 0.348. The second-order valence-electron chi connectivity index (χ2n) is 6.90. The molecule has 1 fully saturated rings. The Morgan fingerprint density at radius 2 is 1.74 bits per heavy atom. The van der Waals surface area contributed by atoms with E-state index in [0.717, 1.165) is 29.7 Å². The van der Waals surface area contributed by atoms with Crippen molar-refractivity contribution in [2.24, 2.45) is 10.2 Å². The number of rotatable bonds is 9. The lowest BCUT2D eigenvalue weighted by Crippen LogP contribution is -2.31. The number of benzene rings is 2. The van der Waals surface area contributed by atoms with E-state index in [2.05, 4.69) is 17.1 Å². The van der Waals surface area contributed by atoms with Crippen LogP contribution in [0.2, 0.25) is 0 Å². The van der Waals surface area contributed by atoms with Crippen molar-refractivity contribution in [2.45, 2.75) is 31.6 Å². The molecule has 0 spiro atoms. The molecule has 1 heterocycles. The summed E-state index contributed by atoms with van der Waals surface area (Å²) in [6.07, 6.45) is 3.35. The first-order chi connectivity index (χ1) is 15.1. The van der Waals surface area contributed by atoms with Crippen molar-refractivity contribution in [1.29, 1.82) is 0 Å². The van der Waals surface area contributed by atoms with Crippen LogP contribution in [-0.4, -0.2) is 48.8 Å². The molecule has 1 aliphatic rings. The van der Waals surface area contributed by atoms with Gasteiger partial charge in [-0.15, -0.1) is 5.10 Å². The van der Waals surface area contributed by atoms with Gasteiger partial charge in [-0.25, -0.2) is 0 Å². The molecule has 1 amide bonds. The zero-order chi connectivity index (χ0) is 22.2. The van der Waals surface area contributed by atoms with E-state index in [1.807, 2.05) is 36.4 Å². The maximum Gasteiger partial charge on any atom is 0.242 e. The highest BCUT2D eigenvalue weighted by molar-refractivity contribution is 8.15. The van der Waals surface area contributed by atoms with Crippen LogP contribution in [0.3, 0.4) is 0 Å². The van der Waals surface area contributed by atoms with Gasteiger partial charge < -0.3 is 14.2 Å². The molecule has 0 bridgehead atoms. The van der Waals surface area contributed by atoms with Crippen molar-refractivity contribution in [3.8, 4) is 17.2 Å². The van der Waals surface area contributed by atoms with Gasteiger partial charge in [0.1, 0.15) is 17.2 Å². The maximum absolute atomic E-state index is 13.0. The van der Waals surface area contributed by atoms with E-state index in [1.54, 1.807) is 38.5 Å². The molecule has 2 aromatic rings. The van der Waals surface area contributed by atoms with E-state index in [4.69, 9.17) is 14.2 Å². The molecule has 0 aliphatic carbocycles. The summed E-state index contributed by atoms with van der Waals surface area (Å²) in [5, 5.41) is 9.09. The normalized spacial score (nSPS) is 17.5. The fourth-order valence-electron chi connectivity index (χ4n) is 3.16. The zero-order valence-corrected chi connectivity index (χ0v) is 19.0. The van der Waals surface area contributed by atoms with Crippen LogP contribution in [0, 0.1) is 0 Å². The van der Waals surface area contributed by atoms with E-state index in [1.165, 1.54) is 11.8 Å². The van der Waals surface area contributed by atoms with Crippen molar-refractivity contribution in [1.82, 2.24) is 4.90 Å². The second-order valence-corrected chi connectivity index (χ2v) is 8.07. The average Bonchev–Trinajstić information content (AvgIpc) is 3.09. The summed E-state index contributed by atoms with van der Waals surface area (Å²) in [5.41, 5.74) is 1.77. The van der Waals surface area contributed by atoms with E-state index in [-0.39, 0.29) is 11.2 Å². The smallest absolute Gasteiger partial charge is 0.242 e. The van der Waals surface area contributed by atoms with Crippen LogP contribution in [0.5, 0.6) is 17.2 Å². The number of thioether (sulfide) groups is 1. The van der Waals surface area contributed by atoms with Gasteiger partial charge in [0.15, 0.2) is 5.17 Å². The first-order valence-corrected chi connectivity index (χ1v) is 10.9. The Bertz CT molecular complexity index is 960. The number of amidine groups is 1. The number of ether oxygens (including phenoxy) is 3. The molecule has 164 valence electrons. The lowest BCUT2D eigenvalue weighted by Gasteiger charge is -2.16. The summed E-state index contributed by atoms with van der Waals surface area (Å²) in [6.45, 7) is 2.52. The molecule has 1 unspecified atom stereocenters. The van der Waals surface area contributed by atoms with Crippen LogP contribution >= 0.6 is 11.8 Å². The number of hydrogen-bond acceptors (Lipinski definition) is 7. The van der Waals surface area contributed by atoms with Crippen LogP contribution in [0.15, 0.2) is 52.7 Å². The molecule has 0 saturated carbocycles. The Balaban J connectivity index is 1.82. The Hall–Kier alpha value is -3.00. The highest BCUT2D eigenvalue weighted by Crippen LogP contribution is 2.32. The quantitative estimate of drug-likeness (QED) is 0.427. The molecule has 1 atom stereocenters. The zero-order valence-electron chi connectivity index (χ0n) is 18.2. The fourth-order valence-corrected chi connectivity index (χ4v) is 4.37. The third-order valence-corrected chi connectivity index (χ3v) is 6.09. The molecule has 8 heteroatoms. The van der Waals surface area contributed by atoms with E-state index >= 15 is 0 Å².